The Morgan fingerprint density at radius 1 is 1.30 bits per heavy atom. The SMILES string of the molecule is Cc1cc(-c2nnc3n2CCNC3C2CC2)ccc1F. The topological polar surface area (TPSA) is 42.7 Å². The number of benzene rings is 1. The van der Waals surface area contributed by atoms with Gasteiger partial charge in [0.05, 0.1) is 6.04 Å². The first-order chi connectivity index (χ1) is 9.74. The van der Waals surface area contributed by atoms with Gasteiger partial charge in [0.15, 0.2) is 11.6 Å². The van der Waals surface area contributed by atoms with Crippen LogP contribution in [0.5, 0.6) is 0 Å². The first-order valence-electron chi connectivity index (χ1n) is 7.17. The van der Waals surface area contributed by atoms with Gasteiger partial charge in [0, 0.05) is 18.7 Å². The lowest BCUT2D eigenvalue weighted by Gasteiger charge is -2.25. The molecule has 2 heterocycles. The monoisotopic (exact) mass is 272 g/mol. The largest absolute Gasteiger partial charge is 0.308 e. The van der Waals surface area contributed by atoms with Crippen LogP contribution >= 0.6 is 0 Å². The number of aryl methyl sites for hydroxylation is 1. The fraction of sp³-hybridized carbons (Fsp3) is 0.467. The fourth-order valence-electron chi connectivity index (χ4n) is 2.99. The Morgan fingerprint density at radius 2 is 2.15 bits per heavy atom. The summed E-state index contributed by atoms with van der Waals surface area (Å²) in [5, 5.41) is 12.3. The van der Waals surface area contributed by atoms with Crippen LogP contribution in [-0.2, 0) is 6.54 Å². The summed E-state index contributed by atoms with van der Waals surface area (Å²) in [6.07, 6.45) is 2.55. The summed E-state index contributed by atoms with van der Waals surface area (Å²) in [6, 6.07) is 5.48. The third-order valence-corrected chi connectivity index (χ3v) is 4.27. The summed E-state index contributed by atoms with van der Waals surface area (Å²) in [4.78, 5) is 0. The maximum Gasteiger partial charge on any atom is 0.164 e. The first-order valence-corrected chi connectivity index (χ1v) is 7.17. The number of hydrogen-bond donors (Lipinski definition) is 1. The highest BCUT2D eigenvalue weighted by Crippen LogP contribution is 2.42. The predicted octanol–water partition coefficient (Wildman–Crippen LogP) is 2.45. The van der Waals surface area contributed by atoms with Crippen LogP contribution in [0.25, 0.3) is 11.4 Å². The molecule has 4 rings (SSSR count). The molecule has 1 aromatic heterocycles. The van der Waals surface area contributed by atoms with Gasteiger partial charge in [-0.3, -0.25) is 0 Å². The average molecular weight is 272 g/mol. The van der Waals surface area contributed by atoms with Gasteiger partial charge in [0.2, 0.25) is 0 Å². The summed E-state index contributed by atoms with van der Waals surface area (Å²) < 4.78 is 15.6. The van der Waals surface area contributed by atoms with Gasteiger partial charge in [-0.15, -0.1) is 10.2 Å². The van der Waals surface area contributed by atoms with Crippen LogP contribution in [-0.4, -0.2) is 21.3 Å². The number of nitrogens with zero attached hydrogens (tertiary/aromatic N) is 3. The van der Waals surface area contributed by atoms with Crippen LogP contribution in [0.3, 0.4) is 0 Å². The lowest BCUT2D eigenvalue weighted by Crippen LogP contribution is -2.35. The predicted molar refractivity (Wildman–Crippen MR) is 73.6 cm³/mol. The lowest BCUT2D eigenvalue weighted by atomic mass is 10.1. The van der Waals surface area contributed by atoms with Crippen molar-refractivity contribution >= 4 is 0 Å². The Kier molecular flexibility index (Phi) is 2.63. The minimum Gasteiger partial charge on any atom is -0.308 e. The van der Waals surface area contributed by atoms with Crippen molar-refractivity contribution in [2.45, 2.75) is 32.4 Å². The van der Waals surface area contributed by atoms with Crippen molar-refractivity contribution in [2.24, 2.45) is 5.92 Å². The molecular weight excluding hydrogens is 255 g/mol. The third-order valence-electron chi connectivity index (χ3n) is 4.27. The van der Waals surface area contributed by atoms with Crippen molar-refractivity contribution in [1.82, 2.24) is 20.1 Å². The van der Waals surface area contributed by atoms with Crippen molar-refractivity contribution in [2.75, 3.05) is 6.54 Å². The van der Waals surface area contributed by atoms with E-state index in [4.69, 9.17) is 0 Å². The minimum atomic E-state index is -0.176. The summed E-state index contributed by atoms with van der Waals surface area (Å²) in [7, 11) is 0. The molecule has 1 fully saturated rings. The molecule has 1 unspecified atom stereocenters. The Labute approximate surface area is 117 Å². The normalized spacial score (nSPS) is 21.8. The first kappa shape index (κ1) is 12.0. The maximum absolute atomic E-state index is 13.4. The van der Waals surface area contributed by atoms with Crippen molar-refractivity contribution in [3.8, 4) is 11.4 Å². The van der Waals surface area contributed by atoms with E-state index in [1.807, 2.05) is 6.07 Å². The van der Waals surface area contributed by atoms with E-state index in [-0.39, 0.29) is 5.82 Å². The molecule has 2 aromatic rings. The molecule has 2 aliphatic rings. The molecule has 0 saturated heterocycles. The van der Waals surface area contributed by atoms with Crippen molar-refractivity contribution in [3.05, 3.63) is 35.4 Å². The molecule has 1 aromatic carbocycles. The minimum absolute atomic E-state index is 0.176. The third kappa shape index (κ3) is 1.85. The van der Waals surface area contributed by atoms with E-state index in [1.165, 1.54) is 18.9 Å². The molecule has 0 bridgehead atoms. The van der Waals surface area contributed by atoms with Gasteiger partial charge >= 0.3 is 0 Å². The lowest BCUT2D eigenvalue weighted by molar-refractivity contribution is 0.383. The van der Waals surface area contributed by atoms with E-state index < -0.39 is 0 Å². The summed E-state index contributed by atoms with van der Waals surface area (Å²) in [5.74, 6) is 2.43. The highest BCUT2D eigenvalue weighted by molar-refractivity contribution is 5.57. The number of rotatable bonds is 2. The smallest absolute Gasteiger partial charge is 0.164 e. The zero-order chi connectivity index (χ0) is 13.7. The van der Waals surface area contributed by atoms with E-state index in [1.54, 1.807) is 13.0 Å². The summed E-state index contributed by atoms with van der Waals surface area (Å²) in [6.45, 7) is 3.59. The number of fused-ring (bicyclic) bond motifs is 1. The van der Waals surface area contributed by atoms with E-state index >= 15 is 0 Å². The van der Waals surface area contributed by atoms with E-state index in [0.717, 1.165) is 30.3 Å². The molecule has 5 heteroatoms. The van der Waals surface area contributed by atoms with E-state index in [2.05, 4.69) is 20.1 Å². The molecule has 104 valence electrons. The van der Waals surface area contributed by atoms with Gasteiger partial charge in [-0.05, 0) is 49.4 Å². The molecule has 1 aliphatic heterocycles. The van der Waals surface area contributed by atoms with Gasteiger partial charge in [-0.2, -0.15) is 0 Å². The highest BCUT2D eigenvalue weighted by atomic mass is 19.1. The van der Waals surface area contributed by atoms with Crippen LogP contribution in [0.1, 0.15) is 30.3 Å². The van der Waals surface area contributed by atoms with Gasteiger partial charge in [-0.1, -0.05) is 0 Å². The highest BCUT2D eigenvalue weighted by Gasteiger charge is 2.37. The summed E-state index contributed by atoms with van der Waals surface area (Å²) >= 11 is 0. The second-order valence-corrected chi connectivity index (χ2v) is 5.77. The van der Waals surface area contributed by atoms with Crippen LogP contribution in [0, 0.1) is 18.7 Å². The molecule has 1 atom stereocenters. The van der Waals surface area contributed by atoms with Crippen molar-refractivity contribution < 1.29 is 4.39 Å². The molecular formula is C15H17FN4. The van der Waals surface area contributed by atoms with Crippen LogP contribution in [0.15, 0.2) is 18.2 Å². The Bertz CT molecular complexity index is 660. The standard InChI is InChI=1S/C15H17FN4/c1-9-8-11(4-5-12(9)16)14-18-19-15-13(10-2-3-10)17-6-7-20(14)15/h4-5,8,10,13,17H,2-3,6-7H2,1H3. The van der Waals surface area contributed by atoms with Crippen LogP contribution in [0.2, 0.25) is 0 Å². The number of hydrogen-bond acceptors (Lipinski definition) is 3. The zero-order valence-electron chi connectivity index (χ0n) is 11.4. The van der Waals surface area contributed by atoms with Gasteiger partial charge in [-0.25, -0.2) is 4.39 Å². The van der Waals surface area contributed by atoms with Gasteiger partial charge in [0.1, 0.15) is 5.82 Å². The molecule has 1 N–H and O–H groups in total. The molecule has 0 radical (unpaired) electrons. The molecule has 20 heavy (non-hydrogen) atoms. The molecule has 1 saturated carbocycles. The Balaban J connectivity index is 1.77. The maximum atomic E-state index is 13.4. The van der Waals surface area contributed by atoms with Gasteiger partial charge in [0.25, 0.3) is 0 Å². The van der Waals surface area contributed by atoms with Crippen LogP contribution in [0.4, 0.5) is 4.39 Å². The van der Waals surface area contributed by atoms with Gasteiger partial charge < -0.3 is 9.88 Å². The second-order valence-electron chi connectivity index (χ2n) is 5.77. The van der Waals surface area contributed by atoms with Crippen molar-refractivity contribution in [3.63, 3.8) is 0 Å². The average Bonchev–Trinajstić information content (AvgIpc) is 3.21. The molecule has 0 amide bonds. The number of nitrogens with one attached hydrogen (secondary N) is 1. The quantitative estimate of drug-likeness (QED) is 0.913. The molecule has 4 nitrogen and oxygen atoms in total. The van der Waals surface area contributed by atoms with Crippen LogP contribution < -0.4 is 5.32 Å². The van der Waals surface area contributed by atoms with E-state index in [9.17, 15) is 4.39 Å². The molecule has 0 spiro atoms. The second kappa shape index (κ2) is 4.38. The Morgan fingerprint density at radius 3 is 2.90 bits per heavy atom. The number of aromatic nitrogens is 3. The van der Waals surface area contributed by atoms with Crippen molar-refractivity contribution in [1.29, 1.82) is 0 Å². The fourth-order valence-corrected chi connectivity index (χ4v) is 2.99. The Hall–Kier alpha value is -1.75. The molecule has 1 aliphatic carbocycles. The summed E-state index contributed by atoms with van der Waals surface area (Å²) in [5.41, 5.74) is 1.59. The zero-order valence-corrected chi connectivity index (χ0v) is 11.4. The number of halogens is 1. The van der Waals surface area contributed by atoms with E-state index in [0.29, 0.717) is 17.5 Å².